The van der Waals surface area contributed by atoms with Gasteiger partial charge in [-0.15, -0.1) is 0 Å². The van der Waals surface area contributed by atoms with E-state index in [-0.39, 0.29) is 11.8 Å². The number of nitrogens with two attached hydrogens (primary N) is 1. The zero-order valence-electron chi connectivity index (χ0n) is 10.9. The summed E-state index contributed by atoms with van der Waals surface area (Å²) in [5, 5.41) is 3.37. The predicted molar refractivity (Wildman–Crippen MR) is 74.7 cm³/mol. The first kappa shape index (κ1) is 12.7. The summed E-state index contributed by atoms with van der Waals surface area (Å²) in [4.78, 5) is 13.5. The molecule has 0 bridgehead atoms. The second kappa shape index (κ2) is 5.76. The van der Waals surface area contributed by atoms with Gasteiger partial charge in [0.2, 0.25) is 5.91 Å². The summed E-state index contributed by atoms with van der Waals surface area (Å²) in [5.41, 5.74) is 7.75. The SMILES string of the molecule is CCNc1ccccc1N1CCC(C(N)=O)CC1. The summed E-state index contributed by atoms with van der Waals surface area (Å²) in [6.45, 7) is 4.80. The highest BCUT2D eigenvalue weighted by Crippen LogP contribution is 2.29. The number of nitrogens with zero attached hydrogens (tertiary/aromatic N) is 1. The molecular formula is C14H21N3O. The van der Waals surface area contributed by atoms with Gasteiger partial charge in [0.05, 0.1) is 11.4 Å². The van der Waals surface area contributed by atoms with E-state index in [0.717, 1.165) is 38.2 Å². The third-order valence-corrected chi connectivity index (χ3v) is 3.51. The van der Waals surface area contributed by atoms with Crippen molar-refractivity contribution in [2.24, 2.45) is 11.7 Å². The highest BCUT2D eigenvalue weighted by molar-refractivity contribution is 5.77. The van der Waals surface area contributed by atoms with Crippen molar-refractivity contribution in [1.29, 1.82) is 0 Å². The maximum Gasteiger partial charge on any atom is 0.220 e. The Morgan fingerprint density at radius 1 is 1.39 bits per heavy atom. The summed E-state index contributed by atoms with van der Waals surface area (Å²) in [6, 6.07) is 8.32. The molecule has 1 aliphatic rings. The standard InChI is InChI=1S/C14H21N3O/c1-2-16-12-5-3-4-6-13(12)17-9-7-11(8-10-17)14(15)18/h3-6,11,16H,2,7-10H2,1H3,(H2,15,18). The smallest absolute Gasteiger partial charge is 0.220 e. The van der Waals surface area contributed by atoms with Crippen molar-refractivity contribution in [2.45, 2.75) is 19.8 Å². The van der Waals surface area contributed by atoms with Gasteiger partial charge in [0.1, 0.15) is 0 Å². The molecule has 1 heterocycles. The van der Waals surface area contributed by atoms with Gasteiger partial charge in [0.25, 0.3) is 0 Å². The molecule has 1 saturated heterocycles. The zero-order valence-corrected chi connectivity index (χ0v) is 10.9. The molecule has 0 spiro atoms. The Morgan fingerprint density at radius 3 is 2.67 bits per heavy atom. The summed E-state index contributed by atoms with van der Waals surface area (Å²) < 4.78 is 0. The molecule has 3 N–H and O–H groups in total. The number of primary amides is 1. The quantitative estimate of drug-likeness (QED) is 0.853. The lowest BCUT2D eigenvalue weighted by Crippen LogP contribution is -2.38. The van der Waals surface area contributed by atoms with E-state index in [0.29, 0.717) is 0 Å². The molecule has 18 heavy (non-hydrogen) atoms. The molecule has 0 saturated carbocycles. The lowest BCUT2D eigenvalue weighted by atomic mass is 9.96. The Kier molecular flexibility index (Phi) is 4.07. The number of benzene rings is 1. The molecule has 0 aromatic heterocycles. The maximum atomic E-state index is 11.2. The fraction of sp³-hybridized carbons (Fsp3) is 0.500. The van der Waals surface area contributed by atoms with E-state index in [1.54, 1.807) is 0 Å². The van der Waals surface area contributed by atoms with Gasteiger partial charge in [-0.05, 0) is 31.9 Å². The van der Waals surface area contributed by atoms with Crippen molar-refractivity contribution < 1.29 is 4.79 Å². The molecule has 1 aromatic rings. The first-order valence-electron chi connectivity index (χ1n) is 6.59. The van der Waals surface area contributed by atoms with Crippen LogP contribution in [0.15, 0.2) is 24.3 Å². The molecule has 0 radical (unpaired) electrons. The van der Waals surface area contributed by atoms with Crippen LogP contribution in [0.2, 0.25) is 0 Å². The largest absolute Gasteiger partial charge is 0.384 e. The number of nitrogens with one attached hydrogen (secondary N) is 1. The van der Waals surface area contributed by atoms with Crippen LogP contribution in [-0.2, 0) is 4.79 Å². The van der Waals surface area contributed by atoms with Gasteiger partial charge in [-0.1, -0.05) is 12.1 Å². The van der Waals surface area contributed by atoms with E-state index in [1.807, 2.05) is 6.07 Å². The van der Waals surface area contributed by atoms with Gasteiger partial charge >= 0.3 is 0 Å². The van der Waals surface area contributed by atoms with Gasteiger partial charge in [-0.2, -0.15) is 0 Å². The van der Waals surface area contributed by atoms with Crippen molar-refractivity contribution in [2.75, 3.05) is 29.9 Å². The number of para-hydroxylation sites is 2. The number of amides is 1. The van der Waals surface area contributed by atoms with Crippen LogP contribution in [0.4, 0.5) is 11.4 Å². The zero-order chi connectivity index (χ0) is 13.0. The summed E-state index contributed by atoms with van der Waals surface area (Å²) in [7, 11) is 0. The van der Waals surface area contributed by atoms with E-state index < -0.39 is 0 Å². The molecule has 0 unspecified atom stereocenters. The average Bonchev–Trinajstić information content (AvgIpc) is 2.40. The third kappa shape index (κ3) is 2.75. The third-order valence-electron chi connectivity index (χ3n) is 3.51. The number of anilines is 2. The van der Waals surface area contributed by atoms with Crippen LogP contribution in [0.5, 0.6) is 0 Å². The summed E-state index contributed by atoms with van der Waals surface area (Å²) in [6.07, 6.45) is 1.71. The molecule has 0 aliphatic carbocycles. The number of hydrogen-bond donors (Lipinski definition) is 2. The Balaban J connectivity index is 2.07. The van der Waals surface area contributed by atoms with Crippen molar-refractivity contribution in [3.8, 4) is 0 Å². The Morgan fingerprint density at radius 2 is 2.06 bits per heavy atom. The highest BCUT2D eigenvalue weighted by atomic mass is 16.1. The molecule has 1 aromatic carbocycles. The van der Waals surface area contributed by atoms with Crippen LogP contribution < -0.4 is 16.0 Å². The minimum Gasteiger partial charge on any atom is -0.384 e. The topological polar surface area (TPSA) is 58.4 Å². The number of carbonyl (C=O) groups excluding carboxylic acids is 1. The molecule has 2 rings (SSSR count). The van der Waals surface area contributed by atoms with Crippen LogP contribution in [0, 0.1) is 5.92 Å². The summed E-state index contributed by atoms with van der Waals surface area (Å²) >= 11 is 0. The van der Waals surface area contributed by atoms with E-state index in [9.17, 15) is 4.79 Å². The van der Waals surface area contributed by atoms with Gasteiger partial charge in [0.15, 0.2) is 0 Å². The molecule has 0 atom stereocenters. The van der Waals surface area contributed by atoms with Crippen molar-refractivity contribution in [3.63, 3.8) is 0 Å². The normalized spacial score (nSPS) is 16.6. The van der Waals surface area contributed by atoms with E-state index in [4.69, 9.17) is 5.73 Å². The minimum absolute atomic E-state index is 0.0487. The molecule has 98 valence electrons. The Bertz CT molecular complexity index is 411. The van der Waals surface area contributed by atoms with Gasteiger partial charge in [-0.25, -0.2) is 0 Å². The Labute approximate surface area is 108 Å². The first-order chi connectivity index (χ1) is 8.72. The summed E-state index contributed by atoms with van der Waals surface area (Å²) in [5.74, 6) is -0.109. The lowest BCUT2D eigenvalue weighted by Gasteiger charge is -2.33. The number of carbonyl (C=O) groups is 1. The fourth-order valence-electron chi connectivity index (χ4n) is 2.49. The van der Waals surface area contributed by atoms with Crippen LogP contribution >= 0.6 is 0 Å². The number of hydrogen-bond acceptors (Lipinski definition) is 3. The second-order valence-corrected chi connectivity index (χ2v) is 4.71. The van der Waals surface area contributed by atoms with Crippen LogP contribution in [0.25, 0.3) is 0 Å². The predicted octanol–water partition coefficient (Wildman–Crippen LogP) is 1.82. The fourth-order valence-corrected chi connectivity index (χ4v) is 2.49. The Hall–Kier alpha value is -1.71. The van der Waals surface area contributed by atoms with Gasteiger partial charge < -0.3 is 16.0 Å². The molecule has 1 amide bonds. The monoisotopic (exact) mass is 247 g/mol. The van der Waals surface area contributed by atoms with E-state index in [2.05, 4.69) is 35.3 Å². The van der Waals surface area contributed by atoms with Crippen molar-refractivity contribution in [1.82, 2.24) is 0 Å². The molecule has 4 nitrogen and oxygen atoms in total. The molecule has 1 aliphatic heterocycles. The molecular weight excluding hydrogens is 226 g/mol. The van der Waals surface area contributed by atoms with Gasteiger partial charge in [0, 0.05) is 25.6 Å². The van der Waals surface area contributed by atoms with Crippen LogP contribution in [0.3, 0.4) is 0 Å². The molecule has 1 fully saturated rings. The van der Waals surface area contributed by atoms with Crippen molar-refractivity contribution >= 4 is 17.3 Å². The lowest BCUT2D eigenvalue weighted by molar-refractivity contribution is -0.122. The van der Waals surface area contributed by atoms with Crippen LogP contribution in [0.1, 0.15) is 19.8 Å². The van der Waals surface area contributed by atoms with E-state index in [1.165, 1.54) is 5.69 Å². The first-order valence-corrected chi connectivity index (χ1v) is 6.59. The maximum absolute atomic E-state index is 11.2. The minimum atomic E-state index is -0.158. The highest BCUT2D eigenvalue weighted by Gasteiger charge is 2.24. The number of rotatable bonds is 4. The average molecular weight is 247 g/mol. The second-order valence-electron chi connectivity index (χ2n) is 4.71. The van der Waals surface area contributed by atoms with Crippen LogP contribution in [-0.4, -0.2) is 25.5 Å². The number of piperidine rings is 1. The van der Waals surface area contributed by atoms with E-state index >= 15 is 0 Å². The van der Waals surface area contributed by atoms with Gasteiger partial charge in [-0.3, -0.25) is 4.79 Å². The van der Waals surface area contributed by atoms with Crippen molar-refractivity contribution in [3.05, 3.63) is 24.3 Å². The molecule has 4 heteroatoms.